The number of rotatable bonds is 5. The minimum absolute atomic E-state index is 0.121. The molecule has 0 radical (unpaired) electrons. The van der Waals surface area contributed by atoms with E-state index >= 15 is 0 Å². The highest BCUT2D eigenvalue weighted by atomic mass is 19.2. The Labute approximate surface area is 103 Å². The Morgan fingerprint density at radius 1 is 1.39 bits per heavy atom. The second-order valence-electron chi connectivity index (χ2n) is 4.18. The Bertz CT molecular complexity index is 438. The number of carbonyl (C=O) groups is 1. The summed E-state index contributed by atoms with van der Waals surface area (Å²) in [6.07, 6.45) is 0.650. The lowest BCUT2D eigenvalue weighted by atomic mass is 10.1. The normalized spacial score (nSPS) is 12.3. The van der Waals surface area contributed by atoms with Crippen molar-refractivity contribution in [1.29, 1.82) is 0 Å². The molecule has 0 fully saturated rings. The van der Waals surface area contributed by atoms with E-state index in [9.17, 15) is 18.0 Å². The van der Waals surface area contributed by atoms with Crippen molar-refractivity contribution in [3.63, 3.8) is 0 Å². The SMILES string of the molecule is CC(CN)CCC(=O)Nc1cc(F)cc(F)c1F. The van der Waals surface area contributed by atoms with E-state index < -0.39 is 29.0 Å². The third-order valence-electron chi connectivity index (χ3n) is 2.53. The van der Waals surface area contributed by atoms with Crippen LogP contribution in [0.1, 0.15) is 19.8 Å². The Kier molecular flexibility index (Phi) is 5.15. The summed E-state index contributed by atoms with van der Waals surface area (Å²) in [6, 6.07) is 1.16. The highest BCUT2D eigenvalue weighted by molar-refractivity contribution is 5.90. The van der Waals surface area contributed by atoms with Gasteiger partial charge in [0.2, 0.25) is 5.91 Å². The number of nitrogens with two attached hydrogens (primary N) is 1. The maximum Gasteiger partial charge on any atom is 0.224 e. The standard InChI is InChI=1S/C12H15F3N2O/c1-7(6-16)2-3-11(18)17-10-5-8(13)4-9(14)12(10)15/h4-5,7H,2-3,6,16H2,1H3,(H,17,18). The van der Waals surface area contributed by atoms with Crippen LogP contribution in [0.2, 0.25) is 0 Å². The molecule has 3 N–H and O–H groups in total. The highest BCUT2D eigenvalue weighted by Crippen LogP contribution is 2.19. The van der Waals surface area contributed by atoms with Gasteiger partial charge in [-0.2, -0.15) is 0 Å². The van der Waals surface area contributed by atoms with Gasteiger partial charge in [-0.1, -0.05) is 6.92 Å². The van der Waals surface area contributed by atoms with Crippen molar-refractivity contribution in [2.24, 2.45) is 11.7 Å². The molecule has 1 unspecified atom stereocenters. The number of benzene rings is 1. The van der Waals surface area contributed by atoms with Gasteiger partial charge in [0.15, 0.2) is 11.6 Å². The van der Waals surface area contributed by atoms with Crippen LogP contribution in [0.4, 0.5) is 18.9 Å². The van der Waals surface area contributed by atoms with Gasteiger partial charge in [0.25, 0.3) is 0 Å². The van der Waals surface area contributed by atoms with E-state index in [-0.39, 0.29) is 12.3 Å². The van der Waals surface area contributed by atoms with E-state index in [1.54, 1.807) is 0 Å². The molecule has 1 aromatic rings. The quantitative estimate of drug-likeness (QED) is 0.799. The van der Waals surface area contributed by atoms with Crippen LogP contribution in [0.25, 0.3) is 0 Å². The van der Waals surface area contributed by atoms with Crippen molar-refractivity contribution in [3.8, 4) is 0 Å². The third kappa shape index (κ3) is 4.03. The summed E-state index contributed by atoms with van der Waals surface area (Å²) in [5, 5.41) is 2.14. The molecule has 0 heterocycles. The molecule has 0 spiro atoms. The molecule has 6 heteroatoms. The van der Waals surface area contributed by atoms with Crippen molar-refractivity contribution in [3.05, 3.63) is 29.6 Å². The van der Waals surface area contributed by atoms with Gasteiger partial charge in [-0.15, -0.1) is 0 Å². The number of halogens is 3. The zero-order valence-electron chi connectivity index (χ0n) is 9.97. The van der Waals surface area contributed by atoms with Gasteiger partial charge < -0.3 is 11.1 Å². The van der Waals surface area contributed by atoms with Gasteiger partial charge in [-0.3, -0.25) is 4.79 Å². The fraction of sp³-hybridized carbons (Fsp3) is 0.417. The van der Waals surface area contributed by atoms with Crippen LogP contribution in [0.15, 0.2) is 12.1 Å². The van der Waals surface area contributed by atoms with Gasteiger partial charge in [0.05, 0.1) is 5.69 Å². The summed E-state index contributed by atoms with van der Waals surface area (Å²) in [7, 11) is 0. The van der Waals surface area contributed by atoms with E-state index in [0.29, 0.717) is 19.0 Å². The Hall–Kier alpha value is -1.56. The van der Waals surface area contributed by atoms with E-state index in [2.05, 4.69) is 5.32 Å². The van der Waals surface area contributed by atoms with Crippen LogP contribution in [0.5, 0.6) is 0 Å². The van der Waals surface area contributed by atoms with E-state index in [4.69, 9.17) is 5.73 Å². The van der Waals surface area contributed by atoms with Crippen LogP contribution in [-0.2, 0) is 4.79 Å². The number of carbonyl (C=O) groups excluding carboxylic acids is 1. The number of hydrogen-bond acceptors (Lipinski definition) is 2. The predicted molar refractivity (Wildman–Crippen MR) is 62.4 cm³/mol. The molecule has 3 nitrogen and oxygen atoms in total. The first-order valence-electron chi connectivity index (χ1n) is 5.58. The Balaban J connectivity index is 2.65. The molecular formula is C12H15F3N2O. The lowest BCUT2D eigenvalue weighted by Gasteiger charge is -2.09. The molecule has 100 valence electrons. The minimum Gasteiger partial charge on any atom is -0.330 e. The number of anilines is 1. The molecule has 0 aliphatic heterocycles. The molecule has 1 amide bonds. The van der Waals surface area contributed by atoms with Crippen LogP contribution in [0.3, 0.4) is 0 Å². The lowest BCUT2D eigenvalue weighted by molar-refractivity contribution is -0.116. The highest BCUT2D eigenvalue weighted by Gasteiger charge is 2.13. The molecule has 0 aromatic heterocycles. The molecular weight excluding hydrogens is 245 g/mol. The summed E-state index contributed by atoms with van der Waals surface area (Å²) in [5.41, 5.74) is 4.90. The average Bonchev–Trinajstić information content (AvgIpc) is 2.32. The first-order valence-corrected chi connectivity index (χ1v) is 5.58. The first-order chi connectivity index (χ1) is 8.43. The predicted octanol–water partition coefficient (Wildman–Crippen LogP) is 2.42. The van der Waals surface area contributed by atoms with Crippen molar-refractivity contribution in [1.82, 2.24) is 0 Å². The summed E-state index contributed by atoms with van der Waals surface area (Å²) >= 11 is 0. The second-order valence-corrected chi connectivity index (χ2v) is 4.18. The van der Waals surface area contributed by atoms with E-state index in [1.807, 2.05) is 6.92 Å². The van der Waals surface area contributed by atoms with Crippen molar-refractivity contribution < 1.29 is 18.0 Å². The largest absolute Gasteiger partial charge is 0.330 e. The summed E-state index contributed by atoms with van der Waals surface area (Å²) < 4.78 is 39.0. The molecule has 0 aliphatic carbocycles. The fourth-order valence-electron chi connectivity index (χ4n) is 1.35. The smallest absolute Gasteiger partial charge is 0.224 e. The average molecular weight is 260 g/mol. The van der Waals surface area contributed by atoms with Crippen molar-refractivity contribution in [2.75, 3.05) is 11.9 Å². The van der Waals surface area contributed by atoms with Gasteiger partial charge in [-0.05, 0) is 18.9 Å². The third-order valence-corrected chi connectivity index (χ3v) is 2.53. The van der Waals surface area contributed by atoms with Crippen LogP contribution >= 0.6 is 0 Å². The molecule has 1 aromatic carbocycles. The van der Waals surface area contributed by atoms with E-state index in [0.717, 1.165) is 6.07 Å². The van der Waals surface area contributed by atoms with Crippen molar-refractivity contribution >= 4 is 11.6 Å². The number of nitrogens with one attached hydrogen (secondary N) is 1. The number of amides is 1. The maximum atomic E-state index is 13.2. The molecule has 0 saturated carbocycles. The fourth-order valence-corrected chi connectivity index (χ4v) is 1.35. The maximum absolute atomic E-state index is 13.2. The van der Waals surface area contributed by atoms with Gasteiger partial charge in [0.1, 0.15) is 5.82 Å². The molecule has 0 saturated heterocycles. The molecule has 0 bridgehead atoms. The zero-order valence-corrected chi connectivity index (χ0v) is 9.97. The molecule has 1 rings (SSSR count). The summed E-state index contributed by atoms with van der Waals surface area (Å²) in [4.78, 5) is 11.4. The molecule has 1 atom stereocenters. The van der Waals surface area contributed by atoms with Crippen LogP contribution in [0, 0.1) is 23.4 Å². The van der Waals surface area contributed by atoms with E-state index in [1.165, 1.54) is 0 Å². The molecule has 18 heavy (non-hydrogen) atoms. The first kappa shape index (κ1) is 14.5. The monoisotopic (exact) mass is 260 g/mol. The summed E-state index contributed by atoms with van der Waals surface area (Å²) in [6.45, 7) is 2.31. The van der Waals surface area contributed by atoms with Crippen LogP contribution < -0.4 is 11.1 Å². The second kappa shape index (κ2) is 6.39. The Morgan fingerprint density at radius 3 is 2.67 bits per heavy atom. The van der Waals surface area contributed by atoms with Crippen molar-refractivity contribution in [2.45, 2.75) is 19.8 Å². The topological polar surface area (TPSA) is 55.1 Å². The lowest BCUT2D eigenvalue weighted by Crippen LogP contribution is -2.17. The minimum atomic E-state index is -1.33. The van der Waals surface area contributed by atoms with Gasteiger partial charge in [0, 0.05) is 18.6 Å². The zero-order chi connectivity index (χ0) is 13.7. The number of hydrogen-bond donors (Lipinski definition) is 2. The van der Waals surface area contributed by atoms with Crippen LogP contribution in [-0.4, -0.2) is 12.5 Å². The Morgan fingerprint density at radius 2 is 2.06 bits per heavy atom. The van der Waals surface area contributed by atoms with Gasteiger partial charge >= 0.3 is 0 Å². The van der Waals surface area contributed by atoms with Gasteiger partial charge in [-0.25, -0.2) is 13.2 Å². The summed E-state index contributed by atoms with van der Waals surface area (Å²) in [5.74, 6) is -3.89. The molecule has 0 aliphatic rings.